The minimum Gasteiger partial charge on any atom is -0.335 e. The molecule has 0 aromatic heterocycles. The van der Waals surface area contributed by atoms with Crippen LogP contribution in [0.3, 0.4) is 0 Å². The summed E-state index contributed by atoms with van der Waals surface area (Å²) in [5, 5.41) is 0. The van der Waals surface area contributed by atoms with Crippen LogP contribution in [0.4, 0.5) is 5.69 Å². The number of anilines is 1. The first kappa shape index (κ1) is 20.0. The van der Waals surface area contributed by atoms with Crippen molar-refractivity contribution in [1.29, 1.82) is 0 Å². The fourth-order valence-corrected chi connectivity index (χ4v) is 5.91. The Labute approximate surface area is 173 Å². The van der Waals surface area contributed by atoms with Crippen molar-refractivity contribution >= 4 is 21.6 Å². The van der Waals surface area contributed by atoms with Crippen LogP contribution in [-0.2, 0) is 10.0 Å². The molecule has 0 spiro atoms. The fraction of sp³-hybridized carbons (Fsp3) is 0.435. The molecular weight excluding hydrogens is 384 g/mol. The van der Waals surface area contributed by atoms with E-state index in [-0.39, 0.29) is 10.8 Å². The standard InChI is InChI=1S/C23H28N2O3S/c1-17-15-16-25(22-10-6-5-9-21(17)22)23(26)18-11-13-19(14-12-18)24-29(27,28)20-7-3-2-4-8-20/h2-4,7-8,11-14,17,21-22,24H,5-6,9-10,15-16H2,1H3/t17-,21-,22+/m1/s1. The highest BCUT2D eigenvalue weighted by atomic mass is 32.2. The van der Waals surface area contributed by atoms with Gasteiger partial charge in [0.15, 0.2) is 0 Å². The van der Waals surface area contributed by atoms with Crippen LogP contribution in [0.25, 0.3) is 0 Å². The first-order chi connectivity index (χ1) is 14.0. The number of nitrogens with one attached hydrogen (secondary N) is 1. The number of rotatable bonds is 4. The Hall–Kier alpha value is -2.34. The molecule has 0 radical (unpaired) electrons. The van der Waals surface area contributed by atoms with E-state index in [0.717, 1.165) is 19.4 Å². The largest absolute Gasteiger partial charge is 0.335 e. The van der Waals surface area contributed by atoms with Gasteiger partial charge in [-0.3, -0.25) is 9.52 Å². The minimum absolute atomic E-state index is 0.0614. The van der Waals surface area contributed by atoms with Crippen LogP contribution in [0.15, 0.2) is 59.5 Å². The number of nitrogens with zero attached hydrogens (tertiary/aromatic N) is 1. The second-order valence-corrected chi connectivity index (χ2v) is 9.96. The van der Waals surface area contributed by atoms with Crippen LogP contribution in [-0.4, -0.2) is 31.8 Å². The maximum Gasteiger partial charge on any atom is 0.261 e. The second kappa shape index (κ2) is 8.19. The number of hydrogen-bond acceptors (Lipinski definition) is 3. The highest BCUT2D eigenvalue weighted by Gasteiger charge is 2.39. The molecule has 3 atom stereocenters. The molecule has 6 heteroatoms. The Kier molecular flexibility index (Phi) is 5.63. The average Bonchev–Trinajstić information content (AvgIpc) is 2.75. The molecular formula is C23H28N2O3S. The third kappa shape index (κ3) is 4.17. The molecule has 1 amide bonds. The summed E-state index contributed by atoms with van der Waals surface area (Å²) in [5.74, 6) is 1.35. The van der Waals surface area contributed by atoms with Gasteiger partial charge in [-0.25, -0.2) is 8.42 Å². The summed E-state index contributed by atoms with van der Waals surface area (Å²) in [6, 6.07) is 15.4. The predicted molar refractivity (Wildman–Crippen MR) is 114 cm³/mol. The molecule has 4 rings (SSSR count). The van der Waals surface area contributed by atoms with Gasteiger partial charge in [0.2, 0.25) is 0 Å². The van der Waals surface area contributed by atoms with Gasteiger partial charge in [0.05, 0.1) is 4.90 Å². The lowest BCUT2D eigenvalue weighted by molar-refractivity contribution is 0.0218. The number of carbonyl (C=O) groups excluding carboxylic acids is 1. The van der Waals surface area contributed by atoms with Crippen LogP contribution >= 0.6 is 0 Å². The van der Waals surface area contributed by atoms with E-state index in [0.29, 0.717) is 29.1 Å². The van der Waals surface area contributed by atoms with Crippen LogP contribution < -0.4 is 4.72 Å². The molecule has 1 aliphatic carbocycles. The minimum atomic E-state index is -3.63. The lowest BCUT2D eigenvalue weighted by Crippen LogP contribution is -2.52. The zero-order chi connectivity index (χ0) is 20.4. The molecule has 1 saturated carbocycles. The number of likely N-dealkylation sites (tertiary alicyclic amines) is 1. The Balaban J connectivity index is 1.48. The number of amides is 1. The Morgan fingerprint density at radius 1 is 0.966 bits per heavy atom. The van der Waals surface area contributed by atoms with Gasteiger partial charge in [0.1, 0.15) is 0 Å². The lowest BCUT2D eigenvalue weighted by Gasteiger charge is -2.47. The predicted octanol–water partition coefficient (Wildman–Crippen LogP) is 4.53. The molecule has 1 heterocycles. The molecule has 0 unspecified atom stereocenters. The number of hydrogen-bond donors (Lipinski definition) is 1. The Morgan fingerprint density at radius 3 is 2.38 bits per heavy atom. The van der Waals surface area contributed by atoms with Crippen LogP contribution in [0.5, 0.6) is 0 Å². The van der Waals surface area contributed by atoms with Crippen LogP contribution in [0.2, 0.25) is 0 Å². The summed E-state index contributed by atoms with van der Waals surface area (Å²) in [5.41, 5.74) is 1.07. The molecule has 29 heavy (non-hydrogen) atoms. The van der Waals surface area contributed by atoms with Crippen molar-refractivity contribution in [2.75, 3.05) is 11.3 Å². The van der Waals surface area contributed by atoms with E-state index in [1.54, 1.807) is 54.6 Å². The number of carbonyl (C=O) groups is 1. The van der Waals surface area contributed by atoms with Gasteiger partial charge in [-0.15, -0.1) is 0 Å². The first-order valence-corrected chi connectivity index (χ1v) is 11.9. The number of fused-ring (bicyclic) bond motifs is 1. The van der Waals surface area contributed by atoms with Crippen molar-refractivity contribution in [3.05, 3.63) is 60.2 Å². The summed E-state index contributed by atoms with van der Waals surface area (Å²) in [6.07, 6.45) is 5.83. The van der Waals surface area contributed by atoms with Crippen molar-refractivity contribution in [2.24, 2.45) is 11.8 Å². The van der Waals surface area contributed by atoms with Crippen LogP contribution in [0.1, 0.15) is 49.4 Å². The zero-order valence-corrected chi connectivity index (χ0v) is 17.6. The molecule has 1 N–H and O–H groups in total. The molecule has 1 aliphatic heterocycles. The normalized spacial score (nSPS) is 24.6. The summed E-state index contributed by atoms with van der Waals surface area (Å²) >= 11 is 0. The zero-order valence-electron chi connectivity index (χ0n) is 16.8. The monoisotopic (exact) mass is 412 g/mol. The van der Waals surface area contributed by atoms with E-state index in [4.69, 9.17) is 0 Å². The van der Waals surface area contributed by atoms with Crippen molar-refractivity contribution in [3.63, 3.8) is 0 Å². The molecule has 0 bridgehead atoms. The fourth-order valence-electron chi connectivity index (χ4n) is 4.83. The van der Waals surface area contributed by atoms with Crippen molar-refractivity contribution in [3.8, 4) is 0 Å². The molecule has 1 saturated heterocycles. The molecule has 2 aromatic carbocycles. The quantitative estimate of drug-likeness (QED) is 0.802. The highest BCUT2D eigenvalue weighted by molar-refractivity contribution is 7.92. The first-order valence-electron chi connectivity index (χ1n) is 10.4. The van der Waals surface area contributed by atoms with Crippen molar-refractivity contribution in [2.45, 2.75) is 50.0 Å². The van der Waals surface area contributed by atoms with E-state index in [1.807, 2.05) is 0 Å². The van der Waals surface area contributed by atoms with E-state index in [2.05, 4.69) is 16.5 Å². The molecule has 2 aromatic rings. The van der Waals surface area contributed by atoms with E-state index in [9.17, 15) is 13.2 Å². The second-order valence-electron chi connectivity index (χ2n) is 8.28. The van der Waals surface area contributed by atoms with E-state index >= 15 is 0 Å². The van der Waals surface area contributed by atoms with Gasteiger partial charge < -0.3 is 4.90 Å². The lowest BCUT2D eigenvalue weighted by atomic mass is 9.72. The highest BCUT2D eigenvalue weighted by Crippen LogP contribution is 2.39. The third-order valence-corrected chi connectivity index (χ3v) is 7.83. The summed E-state index contributed by atoms with van der Waals surface area (Å²) in [7, 11) is -3.63. The van der Waals surface area contributed by atoms with Gasteiger partial charge in [-0.05, 0) is 67.5 Å². The maximum absolute atomic E-state index is 13.2. The SMILES string of the molecule is C[C@@H]1CCN(C(=O)c2ccc(NS(=O)(=O)c3ccccc3)cc2)[C@H]2CCCC[C@H]12. The molecule has 2 aliphatic rings. The van der Waals surface area contributed by atoms with E-state index in [1.165, 1.54) is 19.3 Å². The summed E-state index contributed by atoms with van der Waals surface area (Å²) < 4.78 is 27.5. The topological polar surface area (TPSA) is 66.5 Å². The smallest absolute Gasteiger partial charge is 0.261 e. The maximum atomic E-state index is 13.2. The average molecular weight is 413 g/mol. The van der Waals surface area contributed by atoms with Gasteiger partial charge >= 0.3 is 0 Å². The number of piperidine rings is 1. The summed E-state index contributed by atoms with van der Waals surface area (Å²) in [4.78, 5) is 15.4. The Bertz CT molecular complexity index is 957. The van der Waals surface area contributed by atoms with Gasteiger partial charge in [-0.2, -0.15) is 0 Å². The van der Waals surface area contributed by atoms with Gasteiger partial charge in [0, 0.05) is 23.8 Å². The number of benzene rings is 2. The molecule has 2 fully saturated rings. The van der Waals surface area contributed by atoms with Crippen molar-refractivity contribution < 1.29 is 13.2 Å². The van der Waals surface area contributed by atoms with Crippen LogP contribution in [0, 0.1) is 11.8 Å². The molecule has 154 valence electrons. The molecule has 5 nitrogen and oxygen atoms in total. The third-order valence-electron chi connectivity index (χ3n) is 6.44. The number of sulfonamides is 1. The van der Waals surface area contributed by atoms with Gasteiger partial charge in [-0.1, -0.05) is 38.0 Å². The van der Waals surface area contributed by atoms with Gasteiger partial charge in [0.25, 0.3) is 15.9 Å². The van der Waals surface area contributed by atoms with E-state index < -0.39 is 10.0 Å². The van der Waals surface area contributed by atoms with Crippen molar-refractivity contribution in [1.82, 2.24) is 4.90 Å². The summed E-state index contributed by atoms with van der Waals surface area (Å²) in [6.45, 7) is 3.13. The Morgan fingerprint density at radius 2 is 1.66 bits per heavy atom.